The van der Waals surface area contributed by atoms with Crippen LogP contribution in [0.1, 0.15) is 32.9 Å². The lowest BCUT2D eigenvalue weighted by molar-refractivity contribution is -0.135. The Balaban J connectivity index is 2.06. The first-order chi connectivity index (χ1) is 10.1. The Morgan fingerprint density at radius 3 is 2.64 bits per heavy atom. The van der Waals surface area contributed by atoms with Gasteiger partial charge in [0.15, 0.2) is 9.84 Å². The molecule has 0 N–H and O–H groups in total. The number of rotatable bonds is 3. The molecule has 7 nitrogen and oxygen atoms in total. The molecule has 1 aromatic rings. The zero-order valence-corrected chi connectivity index (χ0v) is 14.4. The maximum atomic E-state index is 12.5. The van der Waals surface area contributed by atoms with Crippen LogP contribution in [0.15, 0.2) is 6.20 Å². The molecule has 1 atom stereocenters. The van der Waals surface area contributed by atoms with Crippen molar-refractivity contribution >= 4 is 15.7 Å². The maximum Gasteiger partial charge on any atom is 0.223 e. The number of aryl methyl sites for hydroxylation is 2. The summed E-state index contributed by atoms with van der Waals surface area (Å²) >= 11 is 0. The van der Waals surface area contributed by atoms with Gasteiger partial charge >= 0.3 is 0 Å². The van der Waals surface area contributed by atoms with Crippen molar-refractivity contribution in [3.05, 3.63) is 11.9 Å². The second kappa shape index (κ2) is 5.98. The lowest BCUT2D eigenvalue weighted by Gasteiger charge is -2.43. The van der Waals surface area contributed by atoms with Gasteiger partial charge in [-0.05, 0) is 5.41 Å². The topological polar surface area (TPSA) is 85.2 Å². The summed E-state index contributed by atoms with van der Waals surface area (Å²) in [5, 5.41) is 8.14. The molecule has 124 valence electrons. The predicted octanol–water partition coefficient (Wildman–Crippen LogP) is 0.419. The first kappa shape index (κ1) is 16.9. The third-order valence-corrected chi connectivity index (χ3v) is 5.62. The van der Waals surface area contributed by atoms with Gasteiger partial charge < -0.3 is 4.90 Å². The van der Waals surface area contributed by atoms with Gasteiger partial charge in [-0.3, -0.25) is 4.79 Å². The Bertz CT molecular complexity index is 645. The van der Waals surface area contributed by atoms with Gasteiger partial charge in [-0.1, -0.05) is 20.8 Å². The Morgan fingerprint density at radius 1 is 1.41 bits per heavy atom. The van der Waals surface area contributed by atoms with E-state index in [1.807, 2.05) is 20.8 Å². The molecule has 0 spiro atoms. The SMILES string of the molecule is Cn1ncc(CCC(=O)N2CCS(=O)(=O)CC2C(C)(C)C)n1. The summed E-state index contributed by atoms with van der Waals surface area (Å²) in [6.45, 7) is 6.20. The van der Waals surface area contributed by atoms with E-state index in [2.05, 4.69) is 10.2 Å². The minimum atomic E-state index is -3.06. The quantitative estimate of drug-likeness (QED) is 0.803. The molecule has 22 heavy (non-hydrogen) atoms. The van der Waals surface area contributed by atoms with Crippen molar-refractivity contribution in [3.8, 4) is 0 Å². The van der Waals surface area contributed by atoms with Gasteiger partial charge in [-0.25, -0.2) is 8.42 Å². The van der Waals surface area contributed by atoms with Gasteiger partial charge in [0.1, 0.15) is 0 Å². The van der Waals surface area contributed by atoms with Crippen molar-refractivity contribution in [2.75, 3.05) is 18.1 Å². The van der Waals surface area contributed by atoms with Crippen molar-refractivity contribution in [2.24, 2.45) is 12.5 Å². The summed E-state index contributed by atoms with van der Waals surface area (Å²) in [5.74, 6) is 0.0876. The average Bonchev–Trinajstić information content (AvgIpc) is 2.80. The first-order valence-corrected chi connectivity index (χ1v) is 9.26. The minimum Gasteiger partial charge on any atom is -0.337 e. The molecule has 1 amide bonds. The Hall–Kier alpha value is -1.44. The molecular weight excluding hydrogens is 304 g/mol. The lowest BCUT2D eigenvalue weighted by atomic mass is 9.86. The highest BCUT2D eigenvalue weighted by molar-refractivity contribution is 7.91. The van der Waals surface area contributed by atoms with Crippen LogP contribution in [-0.2, 0) is 28.1 Å². The summed E-state index contributed by atoms with van der Waals surface area (Å²) in [6.07, 6.45) is 2.49. The Morgan fingerprint density at radius 2 is 2.09 bits per heavy atom. The summed E-state index contributed by atoms with van der Waals surface area (Å²) < 4.78 is 23.8. The number of hydrogen-bond acceptors (Lipinski definition) is 5. The van der Waals surface area contributed by atoms with E-state index in [4.69, 9.17) is 0 Å². The van der Waals surface area contributed by atoms with E-state index in [1.54, 1.807) is 18.1 Å². The molecule has 1 aromatic heterocycles. The number of aromatic nitrogens is 3. The number of sulfone groups is 1. The smallest absolute Gasteiger partial charge is 0.223 e. The molecule has 0 radical (unpaired) electrons. The molecule has 0 saturated carbocycles. The molecule has 1 aliphatic heterocycles. The molecule has 1 unspecified atom stereocenters. The largest absolute Gasteiger partial charge is 0.337 e. The van der Waals surface area contributed by atoms with Crippen molar-refractivity contribution in [1.82, 2.24) is 19.9 Å². The summed E-state index contributed by atoms with van der Waals surface area (Å²) in [5.41, 5.74) is 0.503. The maximum absolute atomic E-state index is 12.5. The fourth-order valence-electron chi connectivity index (χ4n) is 2.70. The second-order valence-corrected chi connectivity index (χ2v) is 9.14. The van der Waals surface area contributed by atoms with Crippen LogP contribution in [-0.4, -0.2) is 58.3 Å². The Kier molecular flexibility index (Phi) is 4.60. The normalized spacial score (nSPS) is 21.8. The van der Waals surface area contributed by atoms with Crippen LogP contribution in [0.5, 0.6) is 0 Å². The molecule has 0 aromatic carbocycles. The number of hydrogen-bond donors (Lipinski definition) is 0. The van der Waals surface area contributed by atoms with Crippen molar-refractivity contribution < 1.29 is 13.2 Å². The van der Waals surface area contributed by atoms with Crippen LogP contribution in [0.3, 0.4) is 0 Å². The number of carbonyl (C=O) groups is 1. The highest BCUT2D eigenvalue weighted by atomic mass is 32.2. The molecule has 0 bridgehead atoms. The van der Waals surface area contributed by atoms with Gasteiger partial charge in [0, 0.05) is 26.4 Å². The van der Waals surface area contributed by atoms with E-state index in [1.165, 1.54) is 4.80 Å². The second-order valence-electron chi connectivity index (χ2n) is 6.91. The molecular formula is C14H24N4O3S. The van der Waals surface area contributed by atoms with Gasteiger partial charge in [0.05, 0.1) is 29.4 Å². The van der Waals surface area contributed by atoms with Crippen LogP contribution in [0.25, 0.3) is 0 Å². The zero-order chi connectivity index (χ0) is 16.5. The van der Waals surface area contributed by atoms with E-state index in [9.17, 15) is 13.2 Å². The predicted molar refractivity (Wildman–Crippen MR) is 82.9 cm³/mol. The zero-order valence-electron chi connectivity index (χ0n) is 13.6. The summed E-state index contributed by atoms with van der Waals surface area (Å²) in [4.78, 5) is 15.7. The van der Waals surface area contributed by atoms with E-state index in [0.717, 1.165) is 5.69 Å². The summed E-state index contributed by atoms with van der Waals surface area (Å²) in [6, 6.07) is -0.277. The van der Waals surface area contributed by atoms with Crippen LogP contribution in [0.4, 0.5) is 0 Å². The standard InChI is InChI=1S/C14H24N4O3S/c1-14(2,3)12-10-22(20,21)8-7-18(12)13(19)6-5-11-9-15-17(4)16-11/h9,12H,5-8,10H2,1-4H3. The highest BCUT2D eigenvalue weighted by Gasteiger charge is 2.40. The third kappa shape index (κ3) is 4.06. The fourth-order valence-corrected chi connectivity index (χ4v) is 4.51. The number of amides is 1. The van der Waals surface area contributed by atoms with Gasteiger partial charge in [-0.15, -0.1) is 0 Å². The fraction of sp³-hybridized carbons (Fsp3) is 0.786. The van der Waals surface area contributed by atoms with Crippen molar-refractivity contribution in [2.45, 2.75) is 39.7 Å². The van der Waals surface area contributed by atoms with Crippen LogP contribution in [0.2, 0.25) is 0 Å². The average molecular weight is 328 g/mol. The van der Waals surface area contributed by atoms with E-state index in [-0.39, 0.29) is 35.4 Å². The molecule has 1 aliphatic rings. The van der Waals surface area contributed by atoms with E-state index >= 15 is 0 Å². The van der Waals surface area contributed by atoms with Crippen molar-refractivity contribution in [1.29, 1.82) is 0 Å². The van der Waals surface area contributed by atoms with Crippen LogP contribution >= 0.6 is 0 Å². The van der Waals surface area contributed by atoms with Crippen molar-refractivity contribution in [3.63, 3.8) is 0 Å². The third-order valence-electron chi connectivity index (χ3n) is 3.99. The first-order valence-electron chi connectivity index (χ1n) is 7.43. The number of nitrogens with zero attached hydrogens (tertiary/aromatic N) is 4. The molecule has 2 rings (SSSR count). The molecule has 1 fully saturated rings. The highest BCUT2D eigenvalue weighted by Crippen LogP contribution is 2.29. The molecule has 1 saturated heterocycles. The monoisotopic (exact) mass is 328 g/mol. The Labute approximate surface area is 131 Å². The van der Waals surface area contributed by atoms with Gasteiger partial charge in [0.25, 0.3) is 0 Å². The molecule has 0 aliphatic carbocycles. The van der Waals surface area contributed by atoms with Gasteiger partial charge in [0.2, 0.25) is 5.91 Å². The molecule has 2 heterocycles. The van der Waals surface area contributed by atoms with Crippen LogP contribution in [0, 0.1) is 5.41 Å². The molecule has 8 heteroatoms. The van der Waals surface area contributed by atoms with Crippen LogP contribution < -0.4 is 0 Å². The van der Waals surface area contributed by atoms with E-state index in [0.29, 0.717) is 12.8 Å². The summed E-state index contributed by atoms with van der Waals surface area (Å²) in [7, 11) is -1.33. The minimum absolute atomic E-state index is 0.0134. The number of carbonyl (C=O) groups excluding carboxylic acids is 1. The van der Waals surface area contributed by atoms with E-state index < -0.39 is 9.84 Å². The lowest BCUT2D eigenvalue weighted by Crippen LogP contribution is -2.56. The van der Waals surface area contributed by atoms with Gasteiger partial charge in [-0.2, -0.15) is 15.0 Å².